The van der Waals surface area contributed by atoms with E-state index in [2.05, 4.69) is 4.18 Å². The second kappa shape index (κ2) is 7.34. The van der Waals surface area contributed by atoms with Crippen LogP contribution < -0.4 is 0 Å². The molecule has 0 aromatic rings. The van der Waals surface area contributed by atoms with Gasteiger partial charge < -0.3 is 10.2 Å². The maximum absolute atomic E-state index is 11.4. The summed E-state index contributed by atoms with van der Waals surface area (Å²) in [6, 6.07) is 0. The molecule has 1 aliphatic carbocycles. The van der Waals surface area contributed by atoms with Crippen LogP contribution in [-0.4, -0.2) is 64.5 Å². The van der Waals surface area contributed by atoms with Gasteiger partial charge in [0.15, 0.2) is 0 Å². The number of aliphatic hydroxyl groups is 2. The van der Waals surface area contributed by atoms with Gasteiger partial charge in [0.05, 0.1) is 19.1 Å². The van der Waals surface area contributed by atoms with Gasteiger partial charge in [-0.2, -0.15) is 16.8 Å². The summed E-state index contributed by atoms with van der Waals surface area (Å²) in [5, 5.41) is 20.0. The van der Waals surface area contributed by atoms with Crippen LogP contribution in [0.15, 0.2) is 0 Å². The van der Waals surface area contributed by atoms with E-state index in [1.165, 1.54) is 0 Å². The molecule has 0 radical (unpaired) electrons. The lowest BCUT2D eigenvalue weighted by Crippen LogP contribution is -2.46. The third-order valence-electron chi connectivity index (χ3n) is 3.08. The minimum atomic E-state index is -3.97. The quantitative estimate of drug-likeness (QED) is 0.547. The van der Waals surface area contributed by atoms with Crippen molar-refractivity contribution in [2.24, 2.45) is 5.89 Å². The lowest BCUT2D eigenvalue weighted by Gasteiger charge is -2.29. The fourth-order valence-corrected chi connectivity index (χ4v) is 3.18. The zero-order chi connectivity index (χ0) is 17.2. The van der Waals surface area contributed by atoms with Crippen molar-refractivity contribution in [2.45, 2.75) is 44.0 Å². The topological polar surface area (TPSA) is 127 Å². The summed E-state index contributed by atoms with van der Waals surface area (Å²) in [6.45, 7) is -0.750. The molecule has 0 spiro atoms. The van der Waals surface area contributed by atoms with Gasteiger partial charge >= 0.3 is 0 Å². The average molecular weight is 347 g/mol. The van der Waals surface area contributed by atoms with Crippen molar-refractivity contribution < 1.29 is 36.8 Å². The Bertz CT molecular complexity index is 567. The van der Waals surface area contributed by atoms with E-state index in [1.54, 1.807) is 0 Å². The highest BCUT2D eigenvalue weighted by atomic mass is 32.2. The van der Waals surface area contributed by atoms with E-state index in [0.717, 1.165) is 12.5 Å². The summed E-state index contributed by atoms with van der Waals surface area (Å²) >= 11 is 0. The molecule has 126 valence electrons. The zero-order valence-corrected chi connectivity index (χ0v) is 13.6. The van der Waals surface area contributed by atoms with Gasteiger partial charge in [0.25, 0.3) is 20.2 Å². The van der Waals surface area contributed by atoms with Crippen LogP contribution in [0.25, 0.3) is 0 Å². The molecule has 8 nitrogen and oxygen atoms in total. The Kier molecular flexibility index (Phi) is 5.97. The summed E-state index contributed by atoms with van der Waals surface area (Å²) in [5.41, 5.74) is 0. The summed E-state index contributed by atoms with van der Waals surface area (Å²) in [4.78, 5) is 0. The SMILES string of the molecule is [2H]C1(C(OS(C)(=O)=O)[C@@H](O)[C@H](O)COS(C)(=O)=O)CCCC1. The second-order valence-corrected chi connectivity index (χ2v) is 8.38. The van der Waals surface area contributed by atoms with Crippen molar-refractivity contribution in [3.05, 3.63) is 0 Å². The summed E-state index contributed by atoms with van der Waals surface area (Å²) in [7, 11) is -7.80. The van der Waals surface area contributed by atoms with E-state index in [-0.39, 0.29) is 0 Å². The Labute approximate surface area is 126 Å². The fraction of sp³-hybridized carbons (Fsp3) is 1.00. The Morgan fingerprint density at radius 2 is 1.67 bits per heavy atom. The molecule has 1 unspecified atom stereocenters. The smallest absolute Gasteiger partial charge is 0.264 e. The Morgan fingerprint density at radius 1 is 1.14 bits per heavy atom. The number of hydrogen-bond acceptors (Lipinski definition) is 8. The highest BCUT2D eigenvalue weighted by Gasteiger charge is 2.38. The number of hydrogen-bond donors (Lipinski definition) is 2. The average Bonchev–Trinajstić information content (AvgIpc) is 2.78. The molecular weight excluding hydrogens is 324 g/mol. The Balaban J connectivity index is 2.90. The van der Waals surface area contributed by atoms with Crippen molar-refractivity contribution in [3.8, 4) is 0 Å². The van der Waals surface area contributed by atoms with E-state index in [4.69, 9.17) is 5.55 Å². The first-order valence-electron chi connectivity index (χ1n) is 6.93. The van der Waals surface area contributed by atoms with Gasteiger partial charge in [0.2, 0.25) is 0 Å². The van der Waals surface area contributed by atoms with Crippen molar-refractivity contribution in [3.63, 3.8) is 0 Å². The van der Waals surface area contributed by atoms with Crippen LogP contribution in [0.5, 0.6) is 0 Å². The van der Waals surface area contributed by atoms with Crippen LogP contribution in [0.2, 0.25) is 0 Å². The molecule has 0 bridgehead atoms. The normalized spacial score (nSPS) is 24.3. The first-order chi connectivity index (χ1) is 9.84. The van der Waals surface area contributed by atoms with E-state index >= 15 is 0 Å². The Morgan fingerprint density at radius 3 is 2.10 bits per heavy atom. The van der Waals surface area contributed by atoms with Gasteiger partial charge in [-0.1, -0.05) is 12.8 Å². The highest BCUT2D eigenvalue weighted by molar-refractivity contribution is 7.86. The molecule has 3 atom stereocenters. The minimum Gasteiger partial charge on any atom is -0.388 e. The van der Waals surface area contributed by atoms with Crippen LogP contribution in [0.3, 0.4) is 0 Å². The van der Waals surface area contributed by atoms with Gasteiger partial charge in [0, 0.05) is 1.37 Å². The number of rotatable bonds is 8. The highest BCUT2D eigenvalue weighted by Crippen LogP contribution is 2.32. The molecule has 0 aliphatic heterocycles. The molecule has 10 heteroatoms. The maximum atomic E-state index is 11.4. The van der Waals surface area contributed by atoms with Crippen LogP contribution in [0.1, 0.15) is 27.1 Å². The maximum Gasteiger partial charge on any atom is 0.264 e. The molecule has 2 N–H and O–H groups in total. The second-order valence-electron chi connectivity index (χ2n) is 5.13. The third kappa shape index (κ3) is 7.02. The molecule has 21 heavy (non-hydrogen) atoms. The summed E-state index contributed by atoms with van der Waals surface area (Å²) < 4.78 is 62.0. The van der Waals surface area contributed by atoms with Crippen LogP contribution >= 0.6 is 0 Å². The lowest BCUT2D eigenvalue weighted by molar-refractivity contribution is -0.0779. The van der Waals surface area contributed by atoms with E-state index in [0.29, 0.717) is 25.7 Å². The zero-order valence-electron chi connectivity index (χ0n) is 12.9. The van der Waals surface area contributed by atoms with Crippen molar-refractivity contribution in [2.75, 3.05) is 19.1 Å². The molecule has 0 aromatic heterocycles. The lowest BCUT2D eigenvalue weighted by atomic mass is 9.94. The molecule has 1 saturated carbocycles. The first kappa shape index (κ1) is 17.1. The molecule has 0 aromatic carbocycles. The monoisotopic (exact) mass is 347 g/mol. The molecule has 1 rings (SSSR count). The largest absolute Gasteiger partial charge is 0.388 e. The van der Waals surface area contributed by atoms with Gasteiger partial charge in [-0.25, -0.2) is 0 Å². The van der Waals surface area contributed by atoms with Gasteiger partial charge in [0.1, 0.15) is 18.3 Å². The van der Waals surface area contributed by atoms with Crippen LogP contribution in [0, 0.1) is 5.89 Å². The predicted octanol–water partition coefficient (Wildman–Crippen LogP) is -0.781. The van der Waals surface area contributed by atoms with Gasteiger partial charge in [-0.05, 0) is 18.7 Å². The van der Waals surface area contributed by atoms with E-state index in [1.807, 2.05) is 0 Å². The van der Waals surface area contributed by atoms with Crippen molar-refractivity contribution >= 4 is 20.2 Å². The van der Waals surface area contributed by atoms with E-state index in [9.17, 15) is 27.0 Å². The van der Waals surface area contributed by atoms with Crippen LogP contribution in [-0.2, 0) is 28.6 Å². The standard InChI is InChI=1S/C11H22O8S2/c1-20(14,15)18-7-9(12)10(13)11(19-21(2,16)17)8-5-3-4-6-8/h8-13H,3-7H2,1-2H3/t9-,10+,11?/m1/s1/i8D. The molecule has 0 saturated heterocycles. The molecule has 0 heterocycles. The third-order valence-corrected chi connectivity index (χ3v) is 4.21. The van der Waals surface area contributed by atoms with E-state index < -0.39 is 51.0 Å². The molecule has 1 fully saturated rings. The first-order valence-corrected chi connectivity index (χ1v) is 10.1. The predicted molar refractivity (Wildman–Crippen MR) is 74.5 cm³/mol. The molecule has 1 aliphatic rings. The van der Waals surface area contributed by atoms with Crippen molar-refractivity contribution in [1.29, 1.82) is 0 Å². The molecule has 0 amide bonds. The minimum absolute atomic E-state index is 0.309. The van der Waals surface area contributed by atoms with Crippen LogP contribution in [0.4, 0.5) is 0 Å². The number of aliphatic hydroxyl groups excluding tert-OH is 2. The van der Waals surface area contributed by atoms with Gasteiger partial charge in [-0.3, -0.25) is 8.37 Å². The summed E-state index contributed by atoms with van der Waals surface area (Å²) in [5.74, 6) is -1.37. The fourth-order valence-electron chi connectivity index (χ4n) is 2.16. The molecular formula is C11H22O8S2. The van der Waals surface area contributed by atoms with Gasteiger partial charge in [-0.15, -0.1) is 0 Å². The summed E-state index contributed by atoms with van der Waals surface area (Å²) in [6.07, 6.45) is -1.44. The Hall–Kier alpha value is -0.260. The van der Waals surface area contributed by atoms with Crippen molar-refractivity contribution in [1.82, 2.24) is 0 Å².